The van der Waals surface area contributed by atoms with E-state index in [0.29, 0.717) is 6.42 Å². The van der Waals surface area contributed by atoms with Gasteiger partial charge in [0.1, 0.15) is 11.7 Å². The minimum Gasteiger partial charge on any atom is -0.462 e. The Morgan fingerprint density at radius 3 is 2.20 bits per heavy atom. The first kappa shape index (κ1) is 14.1. The summed E-state index contributed by atoms with van der Waals surface area (Å²) < 4.78 is 5.04. The van der Waals surface area contributed by atoms with Crippen molar-refractivity contribution in [3.8, 4) is 0 Å². The van der Waals surface area contributed by atoms with Gasteiger partial charge in [0.25, 0.3) is 0 Å². The van der Waals surface area contributed by atoms with E-state index in [1.807, 2.05) is 0 Å². The summed E-state index contributed by atoms with van der Waals surface area (Å²) in [4.78, 5) is 22.8. The quantitative estimate of drug-likeness (QED) is 0.372. The summed E-state index contributed by atoms with van der Waals surface area (Å²) in [6.45, 7) is 7.13. The molecule has 1 unspecified atom stereocenters. The van der Waals surface area contributed by atoms with Crippen molar-refractivity contribution in [2.24, 2.45) is 5.92 Å². The smallest absolute Gasteiger partial charge is 0.316 e. The van der Waals surface area contributed by atoms with Crippen molar-refractivity contribution in [3.05, 3.63) is 0 Å². The van der Waals surface area contributed by atoms with Crippen LogP contribution in [0.1, 0.15) is 53.4 Å². The maximum atomic E-state index is 11.5. The number of carbonyl (C=O) groups excluding carboxylic acids is 2. The molecule has 0 aromatic heterocycles. The Morgan fingerprint density at radius 1 is 1.20 bits per heavy atom. The number of unbranched alkanes of at least 4 members (excludes halogenated alkanes) is 2. The Bertz CT molecular complexity index is 209. The lowest BCUT2D eigenvalue weighted by molar-refractivity contribution is -0.155. The van der Waals surface area contributed by atoms with Crippen LogP contribution in [0.15, 0.2) is 0 Å². The Hall–Kier alpha value is -0.860. The maximum Gasteiger partial charge on any atom is 0.316 e. The summed E-state index contributed by atoms with van der Waals surface area (Å²) in [5.41, 5.74) is 0. The Morgan fingerprint density at radius 2 is 1.80 bits per heavy atom. The molecule has 3 heteroatoms. The van der Waals surface area contributed by atoms with Crippen molar-refractivity contribution < 1.29 is 14.3 Å². The summed E-state index contributed by atoms with van der Waals surface area (Å²) in [7, 11) is 0. The van der Waals surface area contributed by atoms with Gasteiger partial charge in [-0.2, -0.15) is 0 Å². The molecule has 0 fully saturated rings. The first-order chi connectivity index (χ1) is 6.99. The molecule has 0 aliphatic heterocycles. The van der Waals surface area contributed by atoms with Gasteiger partial charge in [-0.05, 0) is 27.2 Å². The van der Waals surface area contributed by atoms with Crippen molar-refractivity contribution >= 4 is 11.8 Å². The van der Waals surface area contributed by atoms with Crippen molar-refractivity contribution in [2.75, 3.05) is 0 Å². The van der Waals surface area contributed by atoms with Crippen LogP contribution < -0.4 is 0 Å². The zero-order valence-corrected chi connectivity index (χ0v) is 10.2. The molecule has 0 aromatic carbocycles. The molecule has 15 heavy (non-hydrogen) atoms. The van der Waals surface area contributed by atoms with Gasteiger partial charge < -0.3 is 4.74 Å². The fourth-order valence-corrected chi connectivity index (χ4v) is 1.40. The predicted octanol–water partition coefficient (Wildman–Crippen LogP) is 2.72. The Kier molecular flexibility index (Phi) is 7.01. The highest BCUT2D eigenvalue weighted by Crippen LogP contribution is 2.13. The summed E-state index contributed by atoms with van der Waals surface area (Å²) in [5, 5.41) is 0. The number of Topliss-reactive ketones (excluding diaryl/α,β-unsaturated/α-hetero) is 1. The van der Waals surface area contributed by atoms with Crippen LogP contribution in [0, 0.1) is 5.92 Å². The molecule has 0 aromatic rings. The van der Waals surface area contributed by atoms with Gasteiger partial charge in [-0.15, -0.1) is 0 Å². The lowest BCUT2D eigenvalue weighted by atomic mass is 9.98. The molecule has 0 heterocycles. The molecule has 0 aliphatic carbocycles. The SMILES string of the molecule is CCCCCC(C(C)=O)C(=O)OC(C)C. The van der Waals surface area contributed by atoms with Gasteiger partial charge in [-0.1, -0.05) is 26.2 Å². The van der Waals surface area contributed by atoms with E-state index in [4.69, 9.17) is 4.74 Å². The lowest BCUT2D eigenvalue weighted by Crippen LogP contribution is -2.26. The number of hydrogen-bond acceptors (Lipinski definition) is 3. The van der Waals surface area contributed by atoms with Gasteiger partial charge in [-0.3, -0.25) is 9.59 Å². The number of rotatable bonds is 7. The monoisotopic (exact) mass is 214 g/mol. The largest absolute Gasteiger partial charge is 0.462 e. The minimum atomic E-state index is -0.557. The van der Waals surface area contributed by atoms with Gasteiger partial charge >= 0.3 is 5.97 Å². The van der Waals surface area contributed by atoms with Gasteiger partial charge in [0.05, 0.1) is 6.10 Å². The standard InChI is InChI=1S/C12H22O3/c1-5-6-7-8-11(10(4)13)12(14)15-9(2)3/h9,11H,5-8H2,1-4H3. The van der Waals surface area contributed by atoms with Gasteiger partial charge in [0.2, 0.25) is 0 Å². The van der Waals surface area contributed by atoms with Crippen LogP contribution in [0.2, 0.25) is 0 Å². The maximum absolute atomic E-state index is 11.5. The van der Waals surface area contributed by atoms with Crippen molar-refractivity contribution in [3.63, 3.8) is 0 Å². The van der Waals surface area contributed by atoms with E-state index in [9.17, 15) is 9.59 Å². The van der Waals surface area contributed by atoms with E-state index >= 15 is 0 Å². The fourth-order valence-electron chi connectivity index (χ4n) is 1.40. The van der Waals surface area contributed by atoms with Crippen LogP contribution in [0.5, 0.6) is 0 Å². The second kappa shape index (κ2) is 7.43. The molecule has 0 rings (SSSR count). The molecule has 0 saturated heterocycles. The fraction of sp³-hybridized carbons (Fsp3) is 0.833. The second-order valence-corrected chi connectivity index (χ2v) is 4.14. The Labute approximate surface area is 92.2 Å². The van der Waals surface area contributed by atoms with E-state index in [2.05, 4.69) is 6.92 Å². The molecule has 0 spiro atoms. The predicted molar refractivity (Wildman–Crippen MR) is 59.5 cm³/mol. The summed E-state index contributed by atoms with van der Waals surface area (Å²) in [6, 6.07) is 0. The van der Waals surface area contributed by atoms with Crippen LogP contribution in [-0.2, 0) is 14.3 Å². The normalized spacial score (nSPS) is 12.6. The summed E-state index contributed by atoms with van der Waals surface area (Å²) >= 11 is 0. The van der Waals surface area contributed by atoms with E-state index in [1.54, 1.807) is 13.8 Å². The first-order valence-corrected chi connectivity index (χ1v) is 5.70. The molecule has 88 valence electrons. The molecular formula is C12H22O3. The van der Waals surface area contributed by atoms with Crippen molar-refractivity contribution in [1.29, 1.82) is 0 Å². The summed E-state index contributed by atoms with van der Waals surface area (Å²) in [5.74, 6) is -1.01. The van der Waals surface area contributed by atoms with Crippen LogP contribution >= 0.6 is 0 Å². The molecule has 0 aliphatic rings. The third-order valence-corrected chi connectivity index (χ3v) is 2.22. The average molecular weight is 214 g/mol. The molecule has 0 saturated carbocycles. The van der Waals surface area contributed by atoms with Gasteiger partial charge in [0, 0.05) is 0 Å². The second-order valence-electron chi connectivity index (χ2n) is 4.14. The number of carbonyl (C=O) groups is 2. The topological polar surface area (TPSA) is 43.4 Å². The number of ketones is 1. The van der Waals surface area contributed by atoms with E-state index in [-0.39, 0.29) is 17.9 Å². The molecule has 0 radical (unpaired) electrons. The van der Waals surface area contributed by atoms with E-state index < -0.39 is 5.92 Å². The highest BCUT2D eigenvalue weighted by Gasteiger charge is 2.24. The van der Waals surface area contributed by atoms with Crippen LogP contribution in [0.4, 0.5) is 0 Å². The zero-order chi connectivity index (χ0) is 11.8. The lowest BCUT2D eigenvalue weighted by Gasteiger charge is -2.14. The van der Waals surface area contributed by atoms with Gasteiger partial charge in [0.15, 0.2) is 0 Å². The van der Waals surface area contributed by atoms with Crippen LogP contribution in [0.25, 0.3) is 0 Å². The zero-order valence-electron chi connectivity index (χ0n) is 10.2. The number of hydrogen-bond donors (Lipinski definition) is 0. The minimum absolute atomic E-state index is 0.0863. The molecule has 1 atom stereocenters. The molecule has 0 amide bonds. The van der Waals surface area contributed by atoms with E-state index in [1.165, 1.54) is 6.92 Å². The summed E-state index contributed by atoms with van der Waals surface area (Å²) in [6.07, 6.45) is 3.52. The first-order valence-electron chi connectivity index (χ1n) is 5.70. The molecule has 3 nitrogen and oxygen atoms in total. The highest BCUT2D eigenvalue weighted by molar-refractivity contribution is 5.97. The average Bonchev–Trinajstić information content (AvgIpc) is 2.10. The van der Waals surface area contributed by atoms with Crippen molar-refractivity contribution in [1.82, 2.24) is 0 Å². The van der Waals surface area contributed by atoms with Crippen molar-refractivity contribution in [2.45, 2.75) is 59.5 Å². The number of esters is 1. The Balaban J connectivity index is 4.14. The third-order valence-electron chi connectivity index (χ3n) is 2.22. The molecular weight excluding hydrogens is 192 g/mol. The third kappa shape index (κ3) is 6.26. The van der Waals surface area contributed by atoms with Gasteiger partial charge in [-0.25, -0.2) is 0 Å². The van der Waals surface area contributed by atoms with Crippen LogP contribution in [-0.4, -0.2) is 17.9 Å². The highest BCUT2D eigenvalue weighted by atomic mass is 16.5. The van der Waals surface area contributed by atoms with E-state index in [0.717, 1.165) is 19.3 Å². The molecule has 0 N–H and O–H groups in total. The molecule has 0 bridgehead atoms. The van der Waals surface area contributed by atoms with Crippen LogP contribution in [0.3, 0.4) is 0 Å². The number of ether oxygens (including phenoxy) is 1.